The van der Waals surface area contributed by atoms with E-state index in [1.165, 1.54) is 16.7 Å². The van der Waals surface area contributed by atoms with Gasteiger partial charge in [0.25, 0.3) is 0 Å². The van der Waals surface area contributed by atoms with Crippen molar-refractivity contribution in [1.82, 2.24) is 5.32 Å². The van der Waals surface area contributed by atoms with Crippen molar-refractivity contribution < 1.29 is 9.47 Å². The first-order valence-corrected chi connectivity index (χ1v) is 7.41. The van der Waals surface area contributed by atoms with Crippen molar-refractivity contribution in [2.75, 3.05) is 13.2 Å². The van der Waals surface area contributed by atoms with Crippen molar-refractivity contribution in [2.45, 2.75) is 26.4 Å². The molecular weight excluding hydrogens is 262 g/mol. The molecule has 0 aliphatic carbocycles. The molecule has 110 valence electrons. The van der Waals surface area contributed by atoms with Gasteiger partial charge < -0.3 is 14.8 Å². The molecule has 0 saturated carbocycles. The highest BCUT2D eigenvalue weighted by Gasteiger charge is 2.12. The molecule has 0 fully saturated rings. The normalized spacial score (nSPS) is 14.8. The largest absolute Gasteiger partial charge is 0.486 e. The Balaban J connectivity index is 1.64. The first kappa shape index (κ1) is 14.0. The molecule has 0 amide bonds. The van der Waals surface area contributed by atoms with Crippen molar-refractivity contribution in [2.24, 2.45) is 0 Å². The maximum Gasteiger partial charge on any atom is 0.161 e. The third-order valence-corrected chi connectivity index (χ3v) is 3.76. The van der Waals surface area contributed by atoms with Crippen LogP contribution in [0.4, 0.5) is 0 Å². The standard InChI is InChI=1S/C18H21NO2/c1-13-4-3-5-16(10-13)14(2)19-12-15-6-7-17-18(11-15)21-9-8-20-17/h3-7,10-11,14,19H,8-9,12H2,1-2H3/t14-/m0/s1. The Labute approximate surface area is 125 Å². The molecule has 1 N–H and O–H groups in total. The van der Waals surface area contributed by atoms with Crippen molar-refractivity contribution >= 4 is 0 Å². The smallest absolute Gasteiger partial charge is 0.161 e. The minimum Gasteiger partial charge on any atom is -0.486 e. The zero-order valence-corrected chi connectivity index (χ0v) is 12.6. The second kappa shape index (κ2) is 6.19. The number of benzene rings is 2. The monoisotopic (exact) mass is 283 g/mol. The summed E-state index contributed by atoms with van der Waals surface area (Å²) in [5.74, 6) is 1.69. The zero-order valence-electron chi connectivity index (χ0n) is 12.6. The van der Waals surface area contributed by atoms with E-state index in [0.29, 0.717) is 19.3 Å². The van der Waals surface area contributed by atoms with Gasteiger partial charge in [0.05, 0.1) is 0 Å². The van der Waals surface area contributed by atoms with E-state index in [0.717, 1.165) is 18.0 Å². The molecular formula is C18H21NO2. The van der Waals surface area contributed by atoms with E-state index in [4.69, 9.17) is 9.47 Å². The lowest BCUT2D eigenvalue weighted by Gasteiger charge is -2.20. The Hall–Kier alpha value is -2.00. The van der Waals surface area contributed by atoms with Crippen LogP contribution in [0.2, 0.25) is 0 Å². The highest BCUT2D eigenvalue weighted by molar-refractivity contribution is 5.43. The van der Waals surface area contributed by atoms with Crippen LogP contribution in [-0.4, -0.2) is 13.2 Å². The molecule has 21 heavy (non-hydrogen) atoms. The third-order valence-electron chi connectivity index (χ3n) is 3.76. The second-order valence-corrected chi connectivity index (χ2v) is 5.49. The molecule has 0 radical (unpaired) electrons. The number of hydrogen-bond acceptors (Lipinski definition) is 3. The van der Waals surface area contributed by atoms with Crippen LogP contribution >= 0.6 is 0 Å². The minimum atomic E-state index is 0.318. The Morgan fingerprint density at radius 2 is 1.86 bits per heavy atom. The SMILES string of the molecule is Cc1cccc([C@H](C)NCc2ccc3c(c2)OCCO3)c1. The molecule has 0 aromatic heterocycles. The fraction of sp³-hybridized carbons (Fsp3) is 0.333. The summed E-state index contributed by atoms with van der Waals surface area (Å²) in [4.78, 5) is 0. The average molecular weight is 283 g/mol. The minimum absolute atomic E-state index is 0.318. The molecule has 1 heterocycles. The number of rotatable bonds is 4. The number of nitrogens with one attached hydrogen (secondary N) is 1. The lowest BCUT2D eigenvalue weighted by atomic mass is 10.1. The zero-order chi connectivity index (χ0) is 14.7. The Bertz CT molecular complexity index is 624. The topological polar surface area (TPSA) is 30.5 Å². The summed E-state index contributed by atoms with van der Waals surface area (Å²) in [5, 5.41) is 3.55. The molecule has 0 saturated heterocycles. The van der Waals surface area contributed by atoms with Gasteiger partial charge in [0, 0.05) is 12.6 Å². The summed E-state index contributed by atoms with van der Waals surface area (Å²) in [6.07, 6.45) is 0. The molecule has 2 aromatic rings. The van der Waals surface area contributed by atoms with Crippen LogP contribution in [-0.2, 0) is 6.54 Å². The van der Waals surface area contributed by atoms with Gasteiger partial charge >= 0.3 is 0 Å². The maximum absolute atomic E-state index is 5.62. The lowest BCUT2D eigenvalue weighted by molar-refractivity contribution is 0.171. The predicted molar refractivity (Wildman–Crippen MR) is 83.9 cm³/mol. The van der Waals surface area contributed by atoms with Gasteiger partial charge in [0.2, 0.25) is 0 Å². The number of ether oxygens (including phenoxy) is 2. The van der Waals surface area contributed by atoms with E-state index < -0.39 is 0 Å². The summed E-state index contributed by atoms with van der Waals surface area (Å²) in [7, 11) is 0. The van der Waals surface area contributed by atoms with Crippen LogP contribution in [0.1, 0.15) is 29.7 Å². The summed E-state index contributed by atoms with van der Waals surface area (Å²) >= 11 is 0. The maximum atomic E-state index is 5.62. The van der Waals surface area contributed by atoms with Gasteiger partial charge in [-0.3, -0.25) is 0 Å². The highest BCUT2D eigenvalue weighted by atomic mass is 16.6. The molecule has 2 aromatic carbocycles. The number of fused-ring (bicyclic) bond motifs is 1. The molecule has 1 aliphatic heterocycles. The van der Waals surface area contributed by atoms with E-state index in [1.807, 2.05) is 6.07 Å². The summed E-state index contributed by atoms with van der Waals surface area (Å²) < 4.78 is 11.2. The summed E-state index contributed by atoms with van der Waals surface area (Å²) in [6.45, 7) is 6.38. The van der Waals surface area contributed by atoms with Crippen LogP contribution in [0.5, 0.6) is 11.5 Å². The van der Waals surface area contributed by atoms with E-state index in [2.05, 4.69) is 55.6 Å². The van der Waals surface area contributed by atoms with E-state index in [1.54, 1.807) is 0 Å². The fourth-order valence-corrected chi connectivity index (χ4v) is 2.53. The predicted octanol–water partition coefficient (Wildman–Crippen LogP) is 3.62. The molecule has 3 nitrogen and oxygen atoms in total. The molecule has 0 unspecified atom stereocenters. The van der Waals surface area contributed by atoms with Crippen molar-refractivity contribution in [1.29, 1.82) is 0 Å². The average Bonchev–Trinajstić information content (AvgIpc) is 2.52. The van der Waals surface area contributed by atoms with Crippen molar-refractivity contribution in [3.05, 3.63) is 59.2 Å². The highest BCUT2D eigenvalue weighted by Crippen LogP contribution is 2.30. The summed E-state index contributed by atoms with van der Waals surface area (Å²) in [5.41, 5.74) is 3.81. The van der Waals surface area contributed by atoms with E-state index in [-0.39, 0.29) is 0 Å². The van der Waals surface area contributed by atoms with E-state index >= 15 is 0 Å². The van der Waals surface area contributed by atoms with Crippen LogP contribution in [0.25, 0.3) is 0 Å². The molecule has 1 aliphatic rings. The van der Waals surface area contributed by atoms with Crippen molar-refractivity contribution in [3.63, 3.8) is 0 Å². The van der Waals surface area contributed by atoms with Gasteiger partial charge in [-0.15, -0.1) is 0 Å². The Morgan fingerprint density at radius 3 is 2.67 bits per heavy atom. The number of aryl methyl sites for hydroxylation is 1. The van der Waals surface area contributed by atoms with Gasteiger partial charge in [-0.25, -0.2) is 0 Å². The van der Waals surface area contributed by atoms with E-state index in [9.17, 15) is 0 Å². The van der Waals surface area contributed by atoms with Gasteiger partial charge in [0.1, 0.15) is 13.2 Å². The van der Waals surface area contributed by atoms with Crippen LogP contribution in [0.3, 0.4) is 0 Å². The molecule has 1 atom stereocenters. The molecule has 0 spiro atoms. The van der Waals surface area contributed by atoms with Crippen LogP contribution in [0.15, 0.2) is 42.5 Å². The quantitative estimate of drug-likeness (QED) is 0.929. The van der Waals surface area contributed by atoms with Gasteiger partial charge in [-0.1, -0.05) is 35.9 Å². The Kier molecular flexibility index (Phi) is 4.11. The van der Waals surface area contributed by atoms with Crippen molar-refractivity contribution in [3.8, 4) is 11.5 Å². The number of hydrogen-bond donors (Lipinski definition) is 1. The first-order valence-electron chi connectivity index (χ1n) is 7.41. The lowest BCUT2D eigenvalue weighted by Crippen LogP contribution is -2.19. The first-order chi connectivity index (χ1) is 10.2. The second-order valence-electron chi connectivity index (χ2n) is 5.49. The van der Waals surface area contributed by atoms with Crippen LogP contribution < -0.4 is 14.8 Å². The third kappa shape index (κ3) is 3.37. The molecule has 3 rings (SSSR count). The Morgan fingerprint density at radius 1 is 1.05 bits per heavy atom. The van der Waals surface area contributed by atoms with Crippen LogP contribution in [0, 0.1) is 6.92 Å². The molecule has 3 heteroatoms. The van der Waals surface area contributed by atoms with Gasteiger partial charge in [-0.2, -0.15) is 0 Å². The fourth-order valence-electron chi connectivity index (χ4n) is 2.53. The van der Waals surface area contributed by atoms with Gasteiger partial charge in [0.15, 0.2) is 11.5 Å². The molecule has 0 bridgehead atoms. The van der Waals surface area contributed by atoms with Gasteiger partial charge in [-0.05, 0) is 37.1 Å². The summed E-state index contributed by atoms with van der Waals surface area (Å²) in [6, 6.07) is 15.1.